The number of hydrogen-bond acceptors (Lipinski definition) is 4. The molecule has 0 aromatic heterocycles. The topological polar surface area (TPSA) is 50.8 Å². The number of nitrogens with one attached hydrogen (secondary N) is 1. The fourth-order valence-corrected chi connectivity index (χ4v) is 9.05. The van der Waals surface area contributed by atoms with Crippen molar-refractivity contribution >= 4 is 24.8 Å². The number of piperazine rings is 1. The molecule has 32 heavy (non-hydrogen) atoms. The van der Waals surface area contributed by atoms with Crippen LogP contribution in [0.25, 0.3) is 0 Å². The van der Waals surface area contributed by atoms with E-state index in [1.165, 1.54) is 10.4 Å². The third-order valence-electron chi connectivity index (χ3n) is 5.89. The van der Waals surface area contributed by atoms with Crippen molar-refractivity contribution in [1.82, 2.24) is 10.2 Å². The molecule has 2 aromatic carbocycles. The Morgan fingerprint density at radius 3 is 1.97 bits per heavy atom. The van der Waals surface area contributed by atoms with Crippen molar-refractivity contribution < 1.29 is 14.0 Å². The van der Waals surface area contributed by atoms with E-state index in [-0.39, 0.29) is 17.2 Å². The Morgan fingerprint density at radius 2 is 1.50 bits per heavy atom. The summed E-state index contributed by atoms with van der Waals surface area (Å²) < 4.78 is 12.8. The van der Waals surface area contributed by atoms with E-state index in [1.807, 2.05) is 37.8 Å². The maximum atomic E-state index is 12.9. The van der Waals surface area contributed by atoms with Gasteiger partial charge in [-0.15, -0.1) is 0 Å². The van der Waals surface area contributed by atoms with E-state index in [0.717, 1.165) is 6.54 Å². The van der Waals surface area contributed by atoms with Crippen LogP contribution in [0.5, 0.6) is 0 Å². The Kier molecular flexibility index (Phi) is 7.48. The minimum Gasteiger partial charge on any atom is -0.444 e. The smallest absolute Gasteiger partial charge is 0.410 e. The van der Waals surface area contributed by atoms with Crippen LogP contribution in [0.1, 0.15) is 41.5 Å². The Hall–Kier alpha value is -2.15. The molecule has 5 nitrogen and oxygen atoms in total. The van der Waals surface area contributed by atoms with Crippen LogP contribution in [-0.2, 0) is 9.16 Å². The largest absolute Gasteiger partial charge is 0.444 e. The minimum atomic E-state index is -2.65. The number of carbonyl (C=O) groups is 1. The van der Waals surface area contributed by atoms with Gasteiger partial charge in [0.2, 0.25) is 0 Å². The number of ether oxygens (including phenoxy) is 1. The van der Waals surface area contributed by atoms with Crippen molar-refractivity contribution in [2.24, 2.45) is 0 Å². The summed E-state index contributed by atoms with van der Waals surface area (Å²) in [5.41, 5.74) is -0.522. The first-order valence-electron chi connectivity index (χ1n) is 11.5. The number of amides is 1. The van der Waals surface area contributed by atoms with Crippen LogP contribution in [-0.4, -0.2) is 57.2 Å². The van der Waals surface area contributed by atoms with Gasteiger partial charge in [-0.3, -0.25) is 0 Å². The van der Waals surface area contributed by atoms with Crippen LogP contribution in [0.15, 0.2) is 60.7 Å². The monoisotopic (exact) mass is 454 g/mol. The molecule has 1 heterocycles. The SMILES string of the molecule is CC(C)(C)OC(=O)N1CCNCC1CO[Si](c1ccccc1)(c1ccccc1)C(C)(C)C. The quantitative estimate of drug-likeness (QED) is 0.699. The molecular weight excluding hydrogens is 416 g/mol. The molecule has 0 saturated carbocycles. The van der Waals surface area contributed by atoms with Crippen LogP contribution in [0.4, 0.5) is 4.79 Å². The molecule has 1 saturated heterocycles. The van der Waals surface area contributed by atoms with Crippen molar-refractivity contribution in [3.8, 4) is 0 Å². The van der Waals surface area contributed by atoms with Crippen molar-refractivity contribution in [2.45, 2.75) is 58.2 Å². The predicted molar refractivity (Wildman–Crippen MR) is 133 cm³/mol. The van der Waals surface area contributed by atoms with E-state index < -0.39 is 13.9 Å². The van der Waals surface area contributed by atoms with Gasteiger partial charge in [0.25, 0.3) is 8.32 Å². The summed E-state index contributed by atoms with van der Waals surface area (Å²) in [7, 11) is -2.65. The molecule has 3 rings (SSSR count). The maximum Gasteiger partial charge on any atom is 0.410 e. The van der Waals surface area contributed by atoms with Crippen LogP contribution in [0.3, 0.4) is 0 Å². The van der Waals surface area contributed by atoms with Gasteiger partial charge in [-0.25, -0.2) is 4.79 Å². The summed E-state index contributed by atoms with van der Waals surface area (Å²) in [6.07, 6.45) is -0.268. The van der Waals surface area contributed by atoms with Crippen LogP contribution >= 0.6 is 0 Å². The zero-order chi connectivity index (χ0) is 23.4. The maximum absolute atomic E-state index is 12.9. The average molecular weight is 455 g/mol. The molecule has 1 fully saturated rings. The number of rotatable bonds is 5. The molecule has 1 amide bonds. The molecule has 0 spiro atoms. The lowest BCUT2D eigenvalue weighted by molar-refractivity contribution is 0.00575. The summed E-state index contributed by atoms with van der Waals surface area (Å²) in [5.74, 6) is 0. The second-order valence-electron chi connectivity index (χ2n) is 10.5. The fourth-order valence-electron chi connectivity index (χ4n) is 4.45. The zero-order valence-corrected chi connectivity index (χ0v) is 21.4. The van der Waals surface area contributed by atoms with Gasteiger partial charge in [0.1, 0.15) is 5.60 Å². The molecule has 6 heteroatoms. The Balaban J connectivity index is 1.96. The fraction of sp³-hybridized carbons (Fsp3) is 0.500. The Bertz CT molecular complexity index is 836. The van der Waals surface area contributed by atoms with E-state index >= 15 is 0 Å². The van der Waals surface area contributed by atoms with Crippen molar-refractivity contribution in [2.75, 3.05) is 26.2 Å². The van der Waals surface area contributed by atoms with Gasteiger partial charge in [-0.05, 0) is 36.2 Å². The second-order valence-corrected chi connectivity index (χ2v) is 14.8. The highest BCUT2D eigenvalue weighted by atomic mass is 28.4. The number of hydrogen-bond donors (Lipinski definition) is 1. The molecular formula is C26H38N2O3Si. The molecule has 1 aliphatic heterocycles. The highest BCUT2D eigenvalue weighted by molar-refractivity contribution is 6.99. The van der Waals surface area contributed by atoms with Crippen molar-refractivity contribution in [3.63, 3.8) is 0 Å². The molecule has 1 atom stereocenters. The van der Waals surface area contributed by atoms with Crippen LogP contribution < -0.4 is 15.7 Å². The normalized spacial score (nSPS) is 17.8. The highest BCUT2D eigenvalue weighted by Crippen LogP contribution is 2.37. The third kappa shape index (κ3) is 5.42. The van der Waals surface area contributed by atoms with E-state index in [0.29, 0.717) is 19.7 Å². The lowest BCUT2D eigenvalue weighted by Gasteiger charge is -2.45. The first-order valence-corrected chi connectivity index (χ1v) is 13.4. The van der Waals surface area contributed by atoms with Crippen molar-refractivity contribution in [1.29, 1.82) is 0 Å². The lowest BCUT2D eigenvalue weighted by Crippen LogP contribution is -2.68. The zero-order valence-electron chi connectivity index (χ0n) is 20.4. The number of nitrogens with zero attached hydrogens (tertiary/aromatic N) is 1. The number of benzene rings is 2. The predicted octanol–water partition coefficient (Wildman–Crippen LogP) is 3.77. The molecule has 0 aliphatic carbocycles. The molecule has 174 valence electrons. The van der Waals surface area contributed by atoms with E-state index in [4.69, 9.17) is 9.16 Å². The number of carbonyl (C=O) groups excluding carboxylic acids is 1. The van der Waals surface area contributed by atoms with E-state index in [1.54, 1.807) is 0 Å². The van der Waals surface area contributed by atoms with Gasteiger partial charge in [0, 0.05) is 19.6 Å². The first-order chi connectivity index (χ1) is 15.0. The summed E-state index contributed by atoms with van der Waals surface area (Å²) in [6.45, 7) is 15.0. The standard InChI is InChI=1S/C26H38N2O3Si/c1-25(2,3)31-24(29)28-18-17-27-19-21(28)20-30-32(26(4,5)6,22-13-9-7-10-14-22)23-15-11-8-12-16-23/h7-16,21,27H,17-20H2,1-6H3. The molecule has 1 unspecified atom stereocenters. The summed E-state index contributed by atoms with van der Waals surface area (Å²) >= 11 is 0. The van der Waals surface area contributed by atoms with E-state index in [9.17, 15) is 4.79 Å². The van der Waals surface area contributed by atoms with Gasteiger partial charge in [-0.1, -0.05) is 81.4 Å². The summed E-state index contributed by atoms with van der Waals surface area (Å²) in [6, 6.07) is 21.1. The average Bonchev–Trinajstić information content (AvgIpc) is 2.74. The molecule has 2 aromatic rings. The lowest BCUT2D eigenvalue weighted by atomic mass is 10.2. The van der Waals surface area contributed by atoms with Crippen LogP contribution in [0.2, 0.25) is 5.04 Å². The van der Waals surface area contributed by atoms with Gasteiger partial charge >= 0.3 is 6.09 Å². The highest BCUT2D eigenvalue weighted by Gasteiger charge is 2.50. The first kappa shape index (κ1) is 24.5. The van der Waals surface area contributed by atoms with Crippen molar-refractivity contribution in [3.05, 3.63) is 60.7 Å². The second kappa shape index (κ2) is 9.77. The van der Waals surface area contributed by atoms with E-state index in [2.05, 4.69) is 74.6 Å². The van der Waals surface area contributed by atoms with Gasteiger partial charge in [-0.2, -0.15) is 0 Å². The Morgan fingerprint density at radius 1 is 0.969 bits per heavy atom. The third-order valence-corrected chi connectivity index (χ3v) is 10.9. The molecule has 1 aliphatic rings. The summed E-state index contributed by atoms with van der Waals surface area (Å²) in [5, 5.41) is 5.80. The van der Waals surface area contributed by atoms with Crippen LogP contribution in [0, 0.1) is 0 Å². The van der Waals surface area contributed by atoms with Gasteiger partial charge < -0.3 is 19.4 Å². The molecule has 1 N–H and O–H groups in total. The van der Waals surface area contributed by atoms with Gasteiger partial charge in [0.05, 0.1) is 12.6 Å². The van der Waals surface area contributed by atoms with Gasteiger partial charge in [0.15, 0.2) is 0 Å². The summed E-state index contributed by atoms with van der Waals surface area (Å²) in [4.78, 5) is 14.8. The minimum absolute atomic E-state index is 0.0831. The molecule has 0 bridgehead atoms. The Labute approximate surface area is 194 Å². The molecule has 0 radical (unpaired) electrons.